The average Bonchev–Trinajstić information content (AvgIpc) is 2.62. The number of hydrogen-bond acceptors (Lipinski definition) is 3. The van der Waals surface area contributed by atoms with Crippen molar-refractivity contribution in [3.05, 3.63) is 60.2 Å². The fraction of sp³-hybridized carbons (Fsp3) is 0.316. The van der Waals surface area contributed by atoms with E-state index in [9.17, 15) is 8.42 Å². The molecule has 0 aliphatic heterocycles. The maximum Gasteiger partial charge on any atom is 0.193 e. The van der Waals surface area contributed by atoms with Gasteiger partial charge in [0.1, 0.15) is 0 Å². The molecular weight excluding hydrogens is 461 g/mol. The fourth-order valence-corrected chi connectivity index (χ4v) is 3.49. The number of nitrogens with two attached hydrogens (primary N) is 1. The molecule has 1 atom stereocenters. The maximum atomic E-state index is 12.2. The highest BCUT2D eigenvalue weighted by Crippen LogP contribution is 2.20. The summed E-state index contributed by atoms with van der Waals surface area (Å²) in [6, 6.07) is 16.4. The van der Waals surface area contributed by atoms with Gasteiger partial charge in [0.05, 0.1) is 17.2 Å². The first-order chi connectivity index (χ1) is 11.9. The van der Waals surface area contributed by atoms with Gasteiger partial charge in [0, 0.05) is 5.69 Å². The standard InChI is InChI=1S/C19H25N3O2S.HI/c1-3-15(2)16-9-11-17(12-10-16)22-19(20)21-13-14-25(23,24)18-7-5-4-6-8-18;/h4-12,15H,3,13-14H2,1-2H3,(H3,20,21,22);1H. The highest BCUT2D eigenvalue weighted by molar-refractivity contribution is 14.0. The molecule has 0 fully saturated rings. The van der Waals surface area contributed by atoms with Crippen LogP contribution in [0.1, 0.15) is 31.7 Å². The average molecular weight is 487 g/mol. The second-order valence-corrected chi connectivity index (χ2v) is 8.06. The van der Waals surface area contributed by atoms with E-state index in [4.69, 9.17) is 5.73 Å². The van der Waals surface area contributed by atoms with Crippen molar-refractivity contribution in [3.8, 4) is 0 Å². The van der Waals surface area contributed by atoms with E-state index in [0.717, 1.165) is 12.1 Å². The molecule has 0 saturated heterocycles. The first-order valence-corrected chi connectivity index (χ1v) is 10.0. The lowest BCUT2D eigenvalue weighted by atomic mass is 9.99. The highest BCUT2D eigenvalue weighted by atomic mass is 127. The number of rotatable bonds is 7. The zero-order valence-corrected chi connectivity index (χ0v) is 18.2. The zero-order valence-electron chi connectivity index (χ0n) is 15.1. The molecule has 0 aromatic heterocycles. The van der Waals surface area contributed by atoms with Crippen molar-refractivity contribution in [2.24, 2.45) is 10.7 Å². The van der Waals surface area contributed by atoms with Gasteiger partial charge in [-0.2, -0.15) is 0 Å². The Hall–Kier alpha value is -1.61. The molecule has 0 radical (unpaired) electrons. The van der Waals surface area contributed by atoms with Crippen molar-refractivity contribution in [1.29, 1.82) is 0 Å². The van der Waals surface area contributed by atoms with Crippen LogP contribution in [0.15, 0.2) is 64.5 Å². The smallest absolute Gasteiger partial charge is 0.193 e. The first kappa shape index (κ1) is 22.4. The molecule has 142 valence electrons. The van der Waals surface area contributed by atoms with Gasteiger partial charge >= 0.3 is 0 Å². The van der Waals surface area contributed by atoms with Crippen molar-refractivity contribution >= 4 is 45.5 Å². The van der Waals surface area contributed by atoms with E-state index in [0.29, 0.717) is 10.8 Å². The van der Waals surface area contributed by atoms with E-state index in [-0.39, 0.29) is 42.2 Å². The summed E-state index contributed by atoms with van der Waals surface area (Å²) in [7, 11) is -3.34. The van der Waals surface area contributed by atoms with Crippen molar-refractivity contribution in [1.82, 2.24) is 0 Å². The van der Waals surface area contributed by atoms with Gasteiger partial charge in [0.25, 0.3) is 0 Å². The molecule has 0 bridgehead atoms. The van der Waals surface area contributed by atoms with Crippen molar-refractivity contribution < 1.29 is 8.42 Å². The van der Waals surface area contributed by atoms with Gasteiger partial charge in [-0.05, 0) is 42.2 Å². The molecule has 1 unspecified atom stereocenters. The van der Waals surface area contributed by atoms with Crippen LogP contribution in [-0.4, -0.2) is 26.7 Å². The van der Waals surface area contributed by atoms with Gasteiger partial charge in [0.2, 0.25) is 0 Å². The predicted molar refractivity (Wildman–Crippen MR) is 119 cm³/mol. The molecule has 0 amide bonds. The Balaban J connectivity index is 0.00000338. The molecular formula is C19H26IN3O2S. The summed E-state index contributed by atoms with van der Waals surface area (Å²) in [6.07, 6.45) is 1.09. The molecule has 0 saturated carbocycles. The molecule has 0 spiro atoms. The Kier molecular flexibility index (Phi) is 9.07. The van der Waals surface area contributed by atoms with Crippen molar-refractivity contribution in [2.75, 3.05) is 17.6 Å². The van der Waals surface area contributed by atoms with Crippen molar-refractivity contribution in [3.63, 3.8) is 0 Å². The topological polar surface area (TPSA) is 84.5 Å². The quantitative estimate of drug-likeness (QED) is 0.351. The minimum atomic E-state index is -3.34. The summed E-state index contributed by atoms with van der Waals surface area (Å²) < 4.78 is 24.3. The number of anilines is 1. The van der Waals surface area contributed by atoms with Crippen LogP contribution >= 0.6 is 24.0 Å². The monoisotopic (exact) mass is 487 g/mol. The van der Waals surface area contributed by atoms with Gasteiger partial charge in [0.15, 0.2) is 15.8 Å². The van der Waals surface area contributed by atoms with E-state index >= 15 is 0 Å². The lowest BCUT2D eigenvalue weighted by molar-refractivity contribution is 0.596. The van der Waals surface area contributed by atoms with E-state index in [1.165, 1.54) is 5.56 Å². The summed E-state index contributed by atoms with van der Waals surface area (Å²) in [6.45, 7) is 4.46. The van der Waals surface area contributed by atoms with Crippen LogP contribution in [0, 0.1) is 0 Å². The largest absolute Gasteiger partial charge is 0.370 e. The second-order valence-electron chi connectivity index (χ2n) is 5.96. The SMILES string of the molecule is CCC(C)c1ccc(NC(N)=NCCS(=O)(=O)c2ccccc2)cc1.I. The van der Waals surface area contributed by atoms with E-state index < -0.39 is 9.84 Å². The summed E-state index contributed by atoms with van der Waals surface area (Å²) in [5.74, 6) is 0.648. The number of benzene rings is 2. The number of nitrogens with zero attached hydrogens (tertiary/aromatic N) is 1. The maximum absolute atomic E-state index is 12.2. The molecule has 7 heteroatoms. The zero-order chi connectivity index (χ0) is 18.3. The molecule has 2 aromatic rings. The van der Waals surface area contributed by atoms with Gasteiger partial charge in [-0.1, -0.05) is 44.2 Å². The molecule has 3 N–H and O–H groups in total. The number of sulfone groups is 1. The summed E-state index contributed by atoms with van der Waals surface area (Å²) in [5, 5.41) is 2.99. The van der Waals surface area contributed by atoms with Crippen LogP contribution in [-0.2, 0) is 9.84 Å². The number of halogens is 1. The van der Waals surface area contributed by atoms with Crippen LogP contribution in [0.4, 0.5) is 5.69 Å². The number of guanidine groups is 1. The summed E-state index contributed by atoms with van der Waals surface area (Å²) in [5.41, 5.74) is 7.95. The Morgan fingerprint density at radius 2 is 1.73 bits per heavy atom. The minimum Gasteiger partial charge on any atom is -0.370 e. The molecule has 0 aliphatic rings. The molecule has 5 nitrogen and oxygen atoms in total. The first-order valence-electron chi connectivity index (χ1n) is 8.37. The number of nitrogens with one attached hydrogen (secondary N) is 1. The second kappa shape index (κ2) is 10.5. The Morgan fingerprint density at radius 1 is 1.12 bits per heavy atom. The predicted octanol–water partition coefficient (Wildman–Crippen LogP) is 4.02. The number of aliphatic imine (C=N–C) groups is 1. The van der Waals surface area contributed by atoms with Gasteiger partial charge < -0.3 is 11.1 Å². The summed E-state index contributed by atoms with van der Waals surface area (Å²) in [4.78, 5) is 4.41. The fourth-order valence-electron chi connectivity index (χ4n) is 2.35. The third kappa shape index (κ3) is 6.60. The third-order valence-corrected chi connectivity index (χ3v) is 5.82. The van der Waals surface area contributed by atoms with E-state index in [1.54, 1.807) is 30.3 Å². The third-order valence-electron chi connectivity index (χ3n) is 4.11. The van der Waals surface area contributed by atoms with E-state index in [2.05, 4.69) is 36.3 Å². The van der Waals surface area contributed by atoms with Crippen LogP contribution in [0.3, 0.4) is 0 Å². The number of hydrogen-bond donors (Lipinski definition) is 2. The van der Waals surface area contributed by atoms with Gasteiger partial charge in [-0.3, -0.25) is 4.99 Å². The Morgan fingerprint density at radius 3 is 2.31 bits per heavy atom. The lowest BCUT2D eigenvalue weighted by Gasteiger charge is -2.11. The van der Waals surface area contributed by atoms with Gasteiger partial charge in [-0.25, -0.2) is 8.42 Å². The van der Waals surface area contributed by atoms with Crippen LogP contribution in [0.25, 0.3) is 0 Å². The normalized spacial score (nSPS) is 12.9. The van der Waals surface area contributed by atoms with Crippen molar-refractivity contribution in [2.45, 2.75) is 31.1 Å². The molecule has 0 aliphatic carbocycles. The molecule has 0 heterocycles. The highest BCUT2D eigenvalue weighted by Gasteiger charge is 2.12. The van der Waals surface area contributed by atoms with Crippen LogP contribution < -0.4 is 11.1 Å². The molecule has 2 aromatic carbocycles. The molecule has 26 heavy (non-hydrogen) atoms. The Labute approximate surface area is 173 Å². The van der Waals surface area contributed by atoms with Crippen LogP contribution in [0.2, 0.25) is 0 Å². The van der Waals surface area contributed by atoms with Crippen LogP contribution in [0.5, 0.6) is 0 Å². The Bertz CT molecular complexity index is 806. The summed E-state index contributed by atoms with van der Waals surface area (Å²) >= 11 is 0. The van der Waals surface area contributed by atoms with Gasteiger partial charge in [-0.15, -0.1) is 24.0 Å². The molecule has 2 rings (SSSR count). The minimum absolute atomic E-state index is 0. The van der Waals surface area contributed by atoms with E-state index in [1.807, 2.05) is 12.1 Å². The lowest BCUT2D eigenvalue weighted by Crippen LogP contribution is -2.24.